The van der Waals surface area contributed by atoms with Crippen molar-refractivity contribution >= 4 is 36.1 Å². The molecule has 0 bridgehead atoms. The van der Waals surface area contributed by atoms with Crippen molar-refractivity contribution in [2.45, 2.75) is 39.2 Å². The van der Waals surface area contributed by atoms with E-state index in [1.807, 2.05) is 45.3 Å². The highest BCUT2D eigenvalue weighted by atomic mass is 127. The minimum atomic E-state index is -0.444. The molecule has 2 aromatic rings. The first-order chi connectivity index (χ1) is 12.4. The predicted molar refractivity (Wildman–Crippen MR) is 120 cm³/mol. The van der Waals surface area contributed by atoms with Crippen LogP contribution in [0.5, 0.6) is 0 Å². The molecule has 1 aliphatic heterocycles. The molecule has 1 aromatic heterocycles. The lowest BCUT2D eigenvalue weighted by molar-refractivity contribution is 0.0237. The van der Waals surface area contributed by atoms with E-state index in [0.29, 0.717) is 13.1 Å². The summed E-state index contributed by atoms with van der Waals surface area (Å²) in [6.07, 6.45) is 7.44. The largest absolute Gasteiger partial charge is 0.444 e. The van der Waals surface area contributed by atoms with Crippen molar-refractivity contribution in [3.63, 3.8) is 0 Å². The second kappa shape index (κ2) is 9.35. The second-order valence-electron chi connectivity index (χ2n) is 7.63. The number of halogens is 1. The number of rotatable bonds is 2. The highest BCUT2D eigenvalue weighted by molar-refractivity contribution is 14.0. The van der Waals surface area contributed by atoms with E-state index in [0.717, 1.165) is 12.8 Å². The Hall–Kier alpha value is -1.89. The number of hydrogen-bond donors (Lipinski definition) is 0. The summed E-state index contributed by atoms with van der Waals surface area (Å²) in [5.41, 5.74) is 4.48. The van der Waals surface area contributed by atoms with Crippen LogP contribution in [0, 0.1) is 0 Å². The van der Waals surface area contributed by atoms with Gasteiger partial charge >= 0.3 is 6.09 Å². The number of piperidine rings is 1. The number of aromatic nitrogens is 1. The average molecular weight is 478 g/mol. The summed E-state index contributed by atoms with van der Waals surface area (Å²) < 4.78 is 5.46. The topological polar surface area (TPSA) is 42.4 Å². The molecule has 4 nitrogen and oxygen atoms in total. The van der Waals surface area contributed by atoms with Crippen LogP contribution in [0.4, 0.5) is 4.79 Å². The number of amides is 1. The van der Waals surface area contributed by atoms with Crippen molar-refractivity contribution in [2.75, 3.05) is 13.1 Å². The van der Waals surface area contributed by atoms with Crippen LogP contribution in [0.1, 0.15) is 39.2 Å². The maximum absolute atomic E-state index is 12.2. The summed E-state index contributed by atoms with van der Waals surface area (Å²) in [5.74, 6) is 0. The molecule has 2 heterocycles. The molecule has 0 atom stereocenters. The Morgan fingerprint density at radius 1 is 1.07 bits per heavy atom. The van der Waals surface area contributed by atoms with E-state index in [-0.39, 0.29) is 30.1 Å². The van der Waals surface area contributed by atoms with E-state index >= 15 is 0 Å². The standard InChI is InChI=1S/C22H26N2O2.HI/c1-22(2,3)26-21(25)24-13-9-17(10-14-24)15-18-5-4-6-20(16-18)19-7-11-23-12-8-19;/h4-8,11-12,15-16H,9-10,13-14H2,1-3H3;1H. The van der Waals surface area contributed by atoms with Gasteiger partial charge in [-0.15, -0.1) is 24.0 Å². The maximum Gasteiger partial charge on any atom is 0.410 e. The van der Waals surface area contributed by atoms with Gasteiger partial charge < -0.3 is 9.64 Å². The second-order valence-corrected chi connectivity index (χ2v) is 7.63. The molecule has 0 unspecified atom stereocenters. The van der Waals surface area contributed by atoms with Crippen LogP contribution in [0.25, 0.3) is 17.2 Å². The zero-order chi connectivity index (χ0) is 18.6. The molecule has 1 aliphatic rings. The lowest BCUT2D eigenvalue weighted by Crippen LogP contribution is -2.40. The fourth-order valence-electron chi connectivity index (χ4n) is 3.04. The van der Waals surface area contributed by atoms with E-state index in [1.54, 1.807) is 4.90 Å². The monoisotopic (exact) mass is 478 g/mol. The van der Waals surface area contributed by atoms with Crippen molar-refractivity contribution in [2.24, 2.45) is 0 Å². The Bertz CT molecular complexity index is 787. The smallest absolute Gasteiger partial charge is 0.410 e. The molecule has 3 rings (SSSR count). The van der Waals surface area contributed by atoms with Crippen molar-refractivity contribution in [1.82, 2.24) is 9.88 Å². The number of carbonyl (C=O) groups is 1. The van der Waals surface area contributed by atoms with E-state index in [9.17, 15) is 4.79 Å². The molecule has 27 heavy (non-hydrogen) atoms. The van der Waals surface area contributed by atoms with Crippen LogP contribution in [0.2, 0.25) is 0 Å². The van der Waals surface area contributed by atoms with Crippen molar-refractivity contribution in [3.05, 3.63) is 59.9 Å². The Labute approximate surface area is 178 Å². The molecule has 0 saturated carbocycles. The van der Waals surface area contributed by atoms with Gasteiger partial charge in [-0.3, -0.25) is 4.98 Å². The van der Waals surface area contributed by atoms with Gasteiger partial charge in [0.25, 0.3) is 0 Å². The van der Waals surface area contributed by atoms with E-state index in [4.69, 9.17) is 4.74 Å². The van der Waals surface area contributed by atoms with Gasteiger partial charge in [0.1, 0.15) is 5.60 Å². The van der Waals surface area contributed by atoms with Gasteiger partial charge in [-0.05, 0) is 68.5 Å². The Morgan fingerprint density at radius 3 is 2.37 bits per heavy atom. The SMILES string of the molecule is CC(C)(C)OC(=O)N1CCC(=Cc2cccc(-c3ccncc3)c2)CC1.I. The molecule has 1 aromatic carbocycles. The number of likely N-dealkylation sites (tertiary alicyclic amines) is 1. The zero-order valence-corrected chi connectivity index (χ0v) is 18.5. The van der Waals surface area contributed by atoms with Crippen LogP contribution >= 0.6 is 24.0 Å². The van der Waals surface area contributed by atoms with Crippen molar-refractivity contribution in [3.8, 4) is 11.1 Å². The first kappa shape index (κ1) is 21.4. The zero-order valence-electron chi connectivity index (χ0n) is 16.1. The lowest BCUT2D eigenvalue weighted by Gasteiger charge is -2.31. The minimum absolute atomic E-state index is 0. The summed E-state index contributed by atoms with van der Waals surface area (Å²) in [5, 5.41) is 0. The highest BCUT2D eigenvalue weighted by Gasteiger charge is 2.24. The van der Waals surface area contributed by atoms with E-state index < -0.39 is 5.60 Å². The molecule has 1 amide bonds. The predicted octanol–water partition coefficient (Wildman–Crippen LogP) is 5.78. The molecule has 0 aliphatic carbocycles. The molecular formula is C22H27IN2O2. The van der Waals surface area contributed by atoms with Gasteiger partial charge in [0.15, 0.2) is 0 Å². The number of nitrogens with zero attached hydrogens (tertiary/aromatic N) is 2. The minimum Gasteiger partial charge on any atom is -0.444 e. The summed E-state index contributed by atoms with van der Waals surface area (Å²) in [4.78, 5) is 18.0. The van der Waals surface area contributed by atoms with Gasteiger partial charge in [0.2, 0.25) is 0 Å². The summed E-state index contributed by atoms with van der Waals surface area (Å²) in [6, 6.07) is 12.6. The third kappa shape index (κ3) is 6.34. The number of ether oxygens (including phenoxy) is 1. The quantitative estimate of drug-likeness (QED) is 0.514. The van der Waals surface area contributed by atoms with E-state index in [1.165, 1.54) is 22.3 Å². The summed E-state index contributed by atoms with van der Waals surface area (Å²) >= 11 is 0. The van der Waals surface area contributed by atoms with Gasteiger partial charge in [0, 0.05) is 25.5 Å². The van der Waals surface area contributed by atoms with Gasteiger partial charge in [-0.2, -0.15) is 0 Å². The first-order valence-corrected chi connectivity index (χ1v) is 9.08. The summed E-state index contributed by atoms with van der Waals surface area (Å²) in [6.45, 7) is 7.12. The van der Waals surface area contributed by atoms with Crippen LogP contribution in [0.3, 0.4) is 0 Å². The molecule has 1 saturated heterocycles. The fraction of sp³-hybridized carbons (Fsp3) is 0.364. The number of pyridine rings is 1. The lowest BCUT2D eigenvalue weighted by atomic mass is 9.99. The van der Waals surface area contributed by atoms with Gasteiger partial charge in [-0.25, -0.2) is 4.79 Å². The van der Waals surface area contributed by atoms with Crippen LogP contribution in [0.15, 0.2) is 54.4 Å². The molecule has 0 spiro atoms. The van der Waals surface area contributed by atoms with Crippen molar-refractivity contribution < 1.29 is 9.53 Å². The molecule has 144 valence electrons. The average Bonchev–Trinajstić information content (AvgIpc) is 2.62. The fourth-order valence-corrected chi connectivity index (χ4v) is 3.04. The van der Waals surface area contributed by atoms with Gasteiger partial charge in [0.05, 0.1) is 0 Å². The Morgan fingerprint density at radius 2 is 1.74 bits per heavy atom. The number of benzene rings is 1. The van der Waals surface area contributed by atoms with Crippen LogP contribution < -0.4 is 0 Å². The number of hydrogen-bond acceptors (Lipinski definition) is 3. The molecule has 0 N–H and O–H groups in total. The molecule has 5 heteroatoms. The first-order valence-electron chi connectivity index (χ1n) is 9.08. The van der Waals surface area contributed by atoms with Crippen molar-refractivity contribution in [1.29, 1.82) is 0 Å². The molecule has 1 fully saturated rings. The summed E-state index contributed by atoms with van der Waals surface area (Å²) in [7, 11) is 0. The Kier molecular flexibility index (Phi) is 7.41. The van der Waals surface area contributed by atoms with Crippen LogP contribution in [-0.2, 0) is 4.74 Å². The third-order valence-corrected chi connectivity index (χ3v) is 4.33. The Balaban J connectivity index is 0.00000261. The molecular weight excluding hydrogens is 451 g/mol. The van der Waals surface area contributed by atoms with E-state index in [2.05, 4.69) is 35.3 Å². The van der Waals surface area contributed by atoms with Gasteiger partial charge in [-0.1, -0.05) is 29.8 Å². The van der Waals surface area contributed by atoms with Crippen LogP contribution in [-0.4, -0.2) is 34.7 Å². The highest BCUT2D eigenvalue weighted by Crippen LogP contribution is 2.24. The normalized spacial score (nSPS) is 14.3. The third-order valence-electron chi connectivity index (χ3n) is 4.33. The molecule has 0 radical (unpaired) electrons. The number of carbonyl (C=O) groups excluding carboxylic acids is 1. The maximum atomic E-state index is 12.2.